The summed E-state index contributed by atoms with van der Waals surface area (Å²) < 4.78 is 0. The Morgan fingerprint density at radius 3 is 0.800 bits per heavy atom. The van der Waals surface area contributed by atoms with E-state index in [0.29, 0.717) is 0 Å². The molecule has 36 valence electrons. The van der Waals surface area contributed by atoms with Crippen LogP contribution in [0.15, 0.2) is 0 Å². The van der Waals surface area contributed by atoms with E-state index in [1.807, 2.05) is 0 Å². The van der Waals surface area contributed by atoms with Crippen LogP contribution in [0.25, 0.3) is 0 Å². The van der Waals surface area contributed by atoms with Gasteiger partial charge in [0.05, 0.1) is 0 Å². The first-order valence-electron chi connectivity index (χ1n) is 0. The molecule has 0 heterocycles. The fraction of sp³-hybridized carbons (Fsp3) is 0. The molecule has 0 spiro atoms. The second-order valence-electron chi connectivity index (χ2n) is 0. The zero-order chi connectivity index (χ0) is 0. The van der Waals surface area contributed by atoms with Crippen molar-refractivity contribution in [3.05, 3.63) is 0 Å². The van der Waals surface area contributed by atoms with Crippen molar-refractivity contribution in [1.82, 2.24) is 0 Å². The first kappa shape index (κ1) is 47.4. The van der Waals surface area contributed by atoms with Gasteiger partial charge in [-0.05, 0) is 0 Å². The van der Waals surface area contributed by atoms with E-state index in [2.05, 4.69) is 0 Å². The maximum absolute atomic E-state index is 0. The third-order valence-corrected chi connectivity index (χ3v) is 0. The maximum Gasteiger partial charge on any atom is 0 e. The molecule has 5 heteroatoms. The molecule has 5 heavy (non-hydrogen) atoms. The second-order valence-corrected chi connectivity index (χ2v) is 0. The third-order valence-electron chi connectivity index (χ3n) is 0. The molecule has 0 aromatic carbocycles. The van der Waals surface area contributed by atoms with E-state index in [1.54, 1.807) is 0 Å². The Hall–Kier alpha value is 2.70. The van der Waals surface area contributed by atoms with Crippen molar-refractivity contribution in [1.29, 1.82) is 0 Å². The predicted molar refractivity (Wildman–Crippen MR) is 0 cm³/mol. The molecule has 0 aliphatic carbocycles. The van der Waals surface area contributed by atoms with Gasteiger partial charge in [-0.15, -0.1) is 0 Å². The minimum absolute atomic E-state index is 0. The molecule has 0 rings (SSSR count). The number of hydrogen-bond donors (Lipinski definition) is 0. The van der Waals surface area contributed by atoms with Gasteiger partial charge in [0.25, 0.3) is 0 Å². The zero-order valence-electron chi connectivity index (χ0n) is 2.09. The molecule has 0 aromatic heterocycles. The summed E-state index contributed by atoms with van der Waals surface area (Å²) in [5.41, 5.74) is 0. The summed E-state index contributed by atoms with van der Waals surface area (Å²) in [6, 6.07) is 0. The topological polar surface area (TPSA) is 0 Å². The van der Waals surface area contributed by atoms with Crippen LogP contribution in [0.4, 0.5) is 0 Å². The second kappa shape index (κ2) is 29.9. The molecule has 0 aliphatic heterocycles. The van der Waals surface area contributed by atoms with Crippen LogP contribution in [0.3, 0.4) is 0 Å². The van der Waals surface area contributed by atoms with E-state index in [-0.39, 0.29) is 87.8 Å². The van der Waals surface area contributed by atoms with Crippen LogP contribution in [0.2, 0.25) is 0 Å². The van der Waals surface area contributed by atoms with E-state index < -0.39 is 0 Å². The van der Waals surface area contributed by atoms with Crippen LogP contribution < -0.4 is 0 Å². The van der Waals surface area contributed by atoms with Gasteiger partial charge in [0.1, 0.15) is 0 Å². The van der Waals surface area contributed by atoms with E-state index in [4.69, 9.17) is 0 Å². The Balaban J connectivity index is 0. The van der Waals surface area contributed by atoms with Gasteiger partial charge >= 0.3 is 0 Å². The van der Waals surface area contributed by atoms with Gasteiger partial charge in [-0.3, -0.25) is 0 Å². The molecule has 0 nitrogen and oxygen atoms in total. The maximum atomic E-state index is 0. The molecule has 0 fully saturated rings. The Labute approximate surface area is 86.6 Å². The molecule has 0 N–H and O–H groups in total. The first-order valence-corrected chi connectivity index (χ1v) is 0. The molecular weight excluding hydrogens is 296 g/mol. The van der Waals surface area contributed by atoms with Crippen molar-refractivity contribution >= 4 is 0 Å². The first-order chi connectivity index (χ1) is 0. The van der Waals surface area contributed by atoms with Crippen molar-refractivity contribution in [2.24, 2.45) is 0 Å². The SMILES string of the molecule is [Cu].[Fe].[Fe].[Mn].[Zn]. The van der Waals surface area contributed by atoms with Crippen molar-refractivity contribution in [2.45, 2.75) is 0 Å². The summed E-state index contributed by atoms with van der Waals surface area (Å²) in [6.07, 6.45) is 0. The number of rotatable bonds is 0. The molecular formula is CuFe2MnZn. The molecule has 2 radical (unpaired) electrons. The van der Waals surface area contributed by atoms with Crippen molar-refractivity contribution < 1.29 is 87.8 Å². The Kier molecular flexibility index (Phi) is 283. The Morgan fingerprint density at radius 2 is 0.800 bits per heavy atom. The Bertz CT molecular complexity index is 9.61. The summed E-state index contributed by atoms with van der Waals surface area (Å²) in [5.74, 6) is 0. The van der Waals surface area contributed by atoms with Gasteiger partial charge in [-0.2, -0.15) is 0 Å². The molecule has 0 unspecified atom stereocenters. The number of hydrogen-bond acceptors (Lipinski definition) is 0. The van der Waals surface area contributed by atoms with Gasteiger partial charge in [-0.1, -0.05) is 0 Å². The molecule has 0 amide bonds. The van der Waals surface area contributed by atoms with Crippen LogP contribution in [-0.2, 0) is 87.8 Å². The van der Waals surface area contributed by atoms with Gasteiger partial charge in [0.2, 0.25) is 0 Å². The van der Waals surface area contributed by atoms with E-state index >= 15 is 0 Å². The minimum atomic E-state index is 0. The minimum Gasteiger partial charge on any atom is 0 e. The van der Waals surface area contributed by atoms with Gasteiger partial charge < -0.3 is 0 Å². The summed E-state index contributed by atoms with van der Waals surface area (Å²) in [4.78, 5) is 0. The third kappa shape index (κ3) is 20.3. The predicted octanol–water partition coefficient (Wildman–Crippen LogP) is -0.0125. The summed E-state index contributed by atoms with van der Waals surface area (Å²) in [6.45, 7) is 0. The fourth-order valence-electron chi connectivity index (χ4n) is 0. The monoisotopic (exact) mass is 294 g/mol. The quantitative estimate of drug-likeness (QED) is 0.552. The molecule has 0 saturated carbocycles. The van der Waals surface area contributed by atoms with Crippen LogP contribution in [0, 0.1) is 0 Å². The summed E-state index contributed by atoms with van der Waals surface area (Å²) in [5, 5.41) is 0. The van der Waals surface area contributed by atoms with E-state index in [1.165, 1.54) is 0 Å². The van der Waals surface area contributed by atoms with Crippen molar-refractivity contribution in [2.75, 3.05) is 0 Å². The van der Waals surface area contributed by atoms with Crippen LogP contribution in [-0.4, -0.2) is 0 Å². The average molecular weight is 296 g/mol. The largest absolute Gasteiger partial charge is 0 e. The standard InChI is InChI=1S/Cu.2Fe.Mn.Zn. The van der Waals surface area contributed by atoms with Crippen LogP contribution in [0.1, 0.15) is 0 Å². The Morgan fingerprint density at radius 1 is 0.800 bits per heavy atom. The van der Waals surface area contributed by atoms with Crippen molar-refractivity contribution in [3.8, 4) is 0 Å². The molecule has 0 atom stereocenters. The summed E-state index contributed by atoms with van der Waals surface area (Å²) in [7, 11) is 0. The van der Waals surface area contributed by atoms with E-state index in [9.17, 15) is 0 Å². The smallest absolute Gasteiger partial charge is 0 e. The van der Waals surface area contributed by atoms with Gasteiger partial charge in [-0.25, -0.2) is 0 Å². The van der Waals surface area contributed by atoms with Crippen LogP contribution in [0.5, 0.6) is 0 Å². The van der Waals surface area contributed by atoms with Gasteiger partial charge in [0.15, 0.2) is 0 Å². The molecule has 0 aromatic rings. The zero-order valence-corrected chi connectivity index (χ0v) is 9.39. The normalized spacial score (nSPS) is 0. The molecule has 0 aliphatic rings. The molecule has 0 bridgehead atoms. The van der Waals surface area contributed by atoms with E-state index in [0.717, 1.165) is 0 Å². The van der Waals surface area contributed by atoms with Crippen LogP contribution >= 0.6 is 0 Å². The average Bonchev–Trinajstić information content (AvgIpc) is 0. The molecule has 0 saturated heterocycles. The van der Waals surface area contributed by atoms with Gasteiger partial charge in [0, 0.05) is 87.8 Å². The van der Waals surface area contributed by atoms with Crippen molar-refractivity contribution in [3.63, 3.8) is 0 Å². The fourth-order valence-corrected chi connectivity index (χ4v) is 0. The summed E-state index contributed by atoms with van der Waals surface area (Å²) >= 11 is 0.